The van der Waals surface area contributed by atoms with E-state index in [4.69, 9.17) is 4.74 Å². The normalized spacial score (nSPS) is 20.4. The Hall–Kier alpha value is -2.73. The Morgan fingerprint density at radius 3 is 2.60 bits per heavy atom. The maximum Gasteiger partial charge on any atom is 0.257 e. The number of hydrogen-bond donors (Lipinski definition) is 1. The monoisotopic (exact) mass is 339 g/mol. The summed E-state index contributed by atoms with van der Waals surface area (Å²) in [6.45, 7) is 3.80. The van der Waals surface area contributed by atoms with E-state index >= 15 is 0 Å². The maximum atomic E-state index is 12.8. The summed E-state index contributed by atoms with van der Waals surface area (Å²) in [7, 11) is 1.70. The van der Waals surface area contributed by atoms with Crippen LogP contribution in [0, 0.1) is 13.8 Å². The zero-order valence-corrected chi connectivity index (χ0v) is 14.5. The highest BCUT2D eigenvalue weighted by Crippen LogP contribution is 2.30. The second-order valence-corrected chi connectivity index (χ2v) is 6.30. The van der Waals surface area contributed by atoms with Crippen molar-refractivity contribution in [3.63, 3.8) is 0 Å². The molecule has 0 spiro atoms. The topological polar surface area (TPSA) is 71.5 Å². The average molecular weight is 339 g/mol. The van der Waals surface area contributed by atoms with Crippen LogP contribution in [-0.2, 0) is 14.3 Å². The lowest BCUT2D eigenvalue weighted by Gasteiger charge is -2.38. The predicted molar refractivity (Wildman–Crippen MR) is 94.0 cm³/mol. The van der Waals surface area contributed by atoms with Gasteiger partial charge in [0.15, 0.2) is 6.10 Å². The Morgan fingerprint density at radius 1 is 1.20 bits per heavy atom. The number of hydrogen-bond acceptors (Lipinski definition) is 4. The summed E-state index contributed by atoms with van der Waals surface area (Å²) in [4.78, 5) is 30.6. The molecule has 0 bridgehead atoms. The lowest BCUT2D eigenvalue weighted by atomic mass is 9.96. The zero-order chi connectivity index (χ0) is 18.0. The zero-order valence-electron chi connectivity index (χ0n) is 14.5. The molecule has 0 unspecified atom stereocenters. The molecule has 1 saturated heterocycles. The van der Waals surface area contributed by atoms with Crippen molar-refractivity contribution in [3.8, 4) is 0 Å². The van der Waals surface area contributed by atoms with Crippen molar-refractivity contribution in [2.75, 3.05) is 19.0 Å². The Balaban J connectivity index is 1.87. The maximum absolute atomic E-state index is 12.8. The number of carbonyl (C=O) groups is 2. The van der Waals surface area contributed by atoms with Crippen molar-refractivity contribution < 1.29 is 14.3 Å². The van der Waals surface area contributed by atoms with Crippen molar-refractivity contribution in [1.29, 1.82) is 0 Å². The first-order chi connectivity index (χ1) is 12.0. The number of nitrogens with zero attached hydrogens (tertiary/aromatic N) is 2. The summed E-state index contributed by atoms with van der Waals surface area (Å²) in [6, 6.07) is 10.9. The number of morpholine rings is 1. The van der Waals surface area contributed by atoms with Crippen LogP contribution in [0.25, 0.3) is 0 Å². The number of carbonyl (C=O) groups excluding carboxylic acids is 2. The van der Waals surface area contributed by atoms with Crippen LogP contribution in [0.4, 0.5) is 5.82 Å². The second-order valence-electron chi connectivity index (χ2n) is 6.30. The van der Waals surface area contributed by atoms with Gasteiger partial charge in [-0.15, -0.1) is 0 Å². The van der Waals surface area contributed by atoms with Crippen LogP contribution in [0.1, 0.15) is 22.7 Å². The lowest BCUT2D eigenvalue weighted by Crippen LogP contribution is -2.51. The quantitative estimate of drug-likeness (QED) is 0.931. The number of pyridine rings is 1. The summed E-state index contributed by atoms with van der Waals surface area (Å²) in [5.74, 6) is 0.00198. The van der Waals surface area contributed by atoms with E-state index < -0.39 is 12.1 Å². The van der Waals surface area contributed by atoms with Crippen molar-refractivity contribution in [1.82, 2.24) is 9.88 Å². The van der Waals surface area contributed by atoms with Crippen LogP contribution in [0.15, 0.2) is 42.6 Å². The second kappa shape index (κ2) is 7.03. The van der Waals surface area contributed by atoms with Gasteiger partial charge in [-0.3, -0.25) is 9.59 Å². The molecule has 25 heavy (non-hydrogen) atoms. The number of aromatic nitrogens is 1. The summed E-state index contributed by atoms with van der Waals surface area (Å²) in [5.41, 5.74) is 2.97. The van der Waals surface area contributed by atoms with E-state index in [-0.39, 0.29) is 18.4 Å². The largest absolute Gasteiger partial charge is 0.356 e. The van der Waals surface area contributed by atoms with Crippen molar-refractivity contribution in [3.05, 3.63) is 59.3 Å². The van der Waals surface area contributed by atoms with Crippen LogP contribution in [0.3, 0.4) is 0 Å². The van der Waals surface area contributed by atoms with E-state index in [9.17, 15) is 9.59 Å². The molecule has 1 aliphatic rings. The van der Waals surface area contributed by atoms with Crippen LogP contribution < -0.4 is 5.32 Å². The highest BCUT2D eigenvalue weighted by Gasteiger charge is 2.40. The average Bonchev–Trinajstić information content (AvgIpc) is 2.58. The van der Waals surface area contributed by atoms with E-state index in [1.54, 1.807) is 24.2 Å². The Labute approximate surface area is 146 Å². The van der Waals surface area contributed by atoms with Gasteiger partial charge in [0.25, 0.3) is 5.91 Å². The molecule has 1 N–H and O–H groups in total. The number of likely N-dealkylation sites (N-methyl/N-ethyl adjacent to an activating group) is 1. The summed E-state index contributed by atoms with van der Waals surface area (Å²) < 4.78 is 5.59. The molecule has 2 aromatic rings. The molecule has 6 nitrogen and oxygen atoms in total. The molecule has 3 rings (SSSR count). The first-order valence-electron chi connectivity index (χ1n) is 8.13. The molecule has 2 heterocycles. The number of amides is 2. The van der Waals surface area contributed by atoms with Gasteiger partial charge in [0.1, 0.15) is 12.4 Å². The van der Waals surface area contributed by atoms with Gasteiger partial charge in [-0.05, 0) is 37.1 Å². The fraction of sp³-hybridized carbons (Fsp3) is 0.316. The van der Waals surface area contributed by atoms with Gasteiger partial charge in [0.2, 0.25) is 5.91 Å². The fourth-order valence-corrected chi connectivity index (χ4v) is 2.90. The Bertz CT molecular complexity index is 789. The molecule has 0 radical (unpaired) electrons. The first-order valence-corrected chi connectivity index (χ1v) is 8.13. The van der Waals surface area contributed by atoms with E-state index in [1.165, 1.54) is 0 Å². The third kappa shape index (κ3) is 3.69. The first kappa shape index (κ1) is 17.1. The van der Waals surface area contributed by atoms with Crippen LogP contribution in [0.2, 0.25) is 0 Å². The predicted octanol–water partition coefficient (Wildman–Crippen LogP) is 2.24. The minimum Gasteiger partial charge on any atom is -0.356 e. The summed E-state index contributed by atoms with van der Waals surface area (Å²) in [5, 5.41) is 2.79. The number of rotatable bonds is 3. The van der Waals surface area contributed by atoms with Gasteiger partial charge in [-0.1, -0.05) is 29.8 Å². The van der Waals surface area contributed by atoms with Crippen LogP contribution in [0.5, 0.6) is 0 Å². The molecule has 2 atom stereocenters. The third-order valence-electron chi connectivity index (χ3n) is 4.33. The van der Waals surface area contributed by atoms with E-state index in [1.807, 2.05) is 44.2 Å². The lowest BCUT2D eigenvalue weighted by molar-refractivity contribution is -0.160. The molecule has 1 aromatic heterocycles. The molecule has 0 saturated carbocycles. The fourth-order valence-electron chi connectivity index (χ4n) is 2.90. The minimum atomic E-state index is -0.798. The van der Waals surface area contributed by atoms with Crippen LogP contribution in [-0.4, -0.2) is 41.5 Å². The van der Waals surface area contributed by atoms with E-state index in [2.05, 4.69) is 10.3 Å². The summed E-state index contributed by atoms with van der Waals surface area (Å²) >= 11 is 0. The Morgan fingerprint density at radius 2 is 1.92 bits per heavy atom. The minimum absolute atomic E-state index is 0.113. The Kier molecular flexibility index (Phi) is 4.81. The standard InChI is InChI=1S/C19H21N3O3/c1-12-4-6-14(7-5-12)17-18(25-11-16(23)22(17)3)19(24)21-15-10-13(2)8-9-20-15/h4-10,17-18H,11H2,1-3H3,(H,20,21,24)/t17-,18-/m1/s1. The molecule has 0 aliphatic carbocycles. The van der Waals surface area contributed by atoms with Crippen molar-refractivity contribution in [2.45, 2.75) is 26.0 Å². The van der Waals surface area contributed by atoms with Crippen LogP contribution >= 0.6 is 0 Å². The van der Waals surface area contributed by atoms with Crippen molar-refractivity contribution >= 4 is 17.6 Å². The van der Waals surface area contributed by atoms with Gasteiger partial charge >= 0.3 is 0 Å². The molecule has 130 valence electrons. The van der Waals surface area contributed by atoms with Gasteiger partial charge in [-0.25, -0.2) is 4.98 Å². The SMILES string of the molecule is Cc1ccc([C@@H]2[C@H](C(=O)Nc3cc(C)ccn3)OCC(=O)N2C)cc1. The number of anilines is 1. The van der Waals surface area contributed by atoms with E-state index in [0.717, 1.165) is 16.7 Å². The van der Waals surface area contributed by atoms with Gasteiger partial charge in [-0.2, -0.15) is 0 Å². The van der Waals surface area contributed by atoms with Gasteiger partial charge < -0.3 is 15.0 Å². The molecular formula is C19H21N3O3. The highest BCUT2D eigenvalue weighted by molar-refractivity contribution is 5.95. The smallest absolute Gasteiger partial charge is 0.257 e. The number of ether oxygens (including phenoxy) is 1. The van der Waals surface area contributed by atoms with E-state index in [0.29, 0.717) is 5.82 Å². The highest BCUT2D eigenvalue weighted by atomic mass is 16.5. The summed E-state index contributed by atoms with van der Waals surface area (Å²) in [6.07, 6.45) is 0.840. The number of aryl methyl sites for hydroxylation is 2. The molecular weight excluding hydrogens is 318 g/mol. The molecule has 1 fully saturated rings. The third-order valence-corrected chi connectivity index (χ3v) is 4.33. The van der Waals surface area contributed by atoms with Crippen molar-refractivity contribution in [2.24, 2.45) is 0 Å². The molecule has 1 aliphatic heterocycles. The van der Waals surface area contributed by atoms with Gasteiger partial charge in [0, 0.05) is 13.2 Å². The molecule has 2 amide bonds. The molecule has 1 aromatic carbocycles. The number of benzene rings is 1. The van der Waals surface area contributed by atoms with Gasteiger partial charge in [0.05, 0.1) is 6.04 Å². The molecule has 6 heteroatoms. The number of nitrogens with one attached hydrogen (secondary N) is 1.